The van der Waals surface area contributed by atoms with Gasteiger partial charge >= 0.3 is 0 Å². The Labute approximate surface area is 115 Å². The van der Waals surface area contributed by atoms with Gasteiger partial charge in [0.25, 0.3) is 0 Å². The van der Waals surface area contributed by atoms with Crippen LogP contribution in [0.4, 0.5) is 0 Å². The summed E-state index contributed by atoms with van der Waals surface area (Å²) < 4.78 is 6.28. The Morgan fingerprint density at radius 3 is 2.94 bits per heavy atom. The first-order valence-electron chi connectivity index (χ1n) is 5.38. The molecule has 0 saturated carbocycles. The summed E-state index contributed by atoms with van der Waals surface area (Å²) in [7, 11) is 1.64. The van der Waals surface area contributed by atoms with Gasteiger partial charge in [-0.1, -0.05) is 15.9 Å². The molecule has 0 aromatic heterocycles. The zero-order valence-electron chi connectivity index (χ0n) is 9.52. The lowest BCUT2D eigenvalue weighted by Crippen LogP contribution is -2.24. The average Bonchev–Trinajstić information content (AvgIpc) is 2.58. The Bertz CT molecular complexity index is 439. The smallest absolute Gasteiger partial charge is 0.224 e. The number of rotatable bonds is 3. The van der Waals surface area contributed by atoms with E-state index in [1.165, 1.54) is 0 Å². The molecule has 5 heteroatoms. The summed E-state index contributed by atoms with van der Waals surface area (Å²) in [6, 6.07) is 5.81. The lowest BCUT2D eigenvalue weighted by molar-refractivity contribution is -0.128. The summed E-state index contributed by atoms with van der Waals surface area (Å²) in [5, 5.41) is 0.153. The summed E-state index contributed by atoms with van der Waals surface area (Å²) >= 11 is 7.77. The van der Waals surface area contributed by atoms with Gasteiger partial charge < -0.3 is 9.64 Å². The van der Waals surface area contributed by atoms with Crippen LogP contribution in [0.15, 0.2) is 22.7 Å². The van der Waals surface area contributed by atoms with Crippen molar-refractivity contribution in [1.29, 1.82) is 0 Å². The number of carbonyl (C=O) groups excluding carboxylic acids is 1. The Kier molecular flexibility index (Phi) is 3.99. The molecule has 1 aromatic rings. The number of ether oxygens (including phenoxy) is 1. The summed E-state index contributed by atoms with van der Waals surface area (Å²) in [5.41, 5.74) is 1.01. The third-order valence-electron chi connectivity index (χ3n) is 2.80. The standard InChI is InChI=1S/C12H14BrNO2S/c1-16-11-3-2-9(13)4-8(11)6-14-7-10(17)5-12(14)15/h2-4,10,17H,5-7H2,1H3. The highest BCUT2D eigenvalue weighted by molar-refractivity contribution is 9.10. The van der Waals surface area contributed by atoms with E-state index in [2.05, 4.69) is 28.6 Å². The van der Waals surface area contributed by atoms with Gasteiger partial charge in [0.1, 0.15) is 5.75 Å². The fraction of sp³-hybridized carbons (Fsp3) is 0.417. The molecule has 92 valence electrons. The monoisotopic (exact) mass is 315 g/mol. The van der Waals surface area contributed by atoms with Crippen LogP contribution in [-0.4, -0.2) is 29.7 Å². The number of hydrogen-bond acceptors (Lipinski definition) is 3. The number of methoxy groups -OCH3 is 1. The summed E-state index contributed by atoms with van der Waals surface area (Å²) in [5.74, 6) is 0.968. The summed E-state index contributed by atoms with van der Waals surface area (Å²) in [6.45, 7) is 1.29. The van der Waals surface area contributed by atoms with Crippen LogP contribution in [0.5, 0.6) is 5.75 Å². The van der Waals surface area contributed by atoms with Crippen LogP contribution in [0, 0.1) is 0 Å². The minimum atomic E-state index is 0.153. The molecule has 1 heterocycles. The molecule has 0 spiro atoms. The molecule has 0 bridgehead atoms. The first kappa shape index (κ1) is 12.8. The fourth-order valence-corrected chi connectivity index (χ4v) is 2.74. The van der Waals surface area contributed by atoms with Gasteiger partial charge in [-0.3, -0.25) is 4.79 Å². The van der Waals surface area contributed by atoms with Crippen LogP contribution in [0.1, 0.15) is 12.0 Å². The first-order valence-corrected chi connectivity index (χ1v) is 6.69. The van der Waals surface area contributed by atoms with Gasteiger partial charge in [0, 0.05) is 34.8 Å². The average molecular weight is 316 g/mol. The SMILES string of the molecule is COc1ccc(Br)cc1CN1CC(S)CC1=O. The van der Waals surface area contributed by atoms with Crippen molar-refractivity contribution in [2.45, 2.75) is 18.2 Å². The molecule has 1 atom stereocenters. The second kappa shape index (κ2) is 5.31. The van der Waals surface area contributed by atoms with E-state index in [-0.39, 0.29) is 11.2 Å². The highest BCUT2D eigenvalue weighted by Gasteiger charge is 2.27. The molecule has 1 aliphatic heterocycles. The van der Waals surface area contributed by atoms with Crippen LogP contribution in [0.25, 0.3) is 0 Å². The van der Waals surface area contributed by atoms with Crippen molar-refractivity contribution in [3.8, 4) is 5.75 Å². The van der Waals surface area contributed by atoms with E-state index in [4.69, 9.17) is 4.74 Å². The topological polar surface area (TPSA) is 29.5 Å². The number of carbonyl (C=O) groups is 1. The maximum atomic E-state index is 11.7. The van der Waals surface area contributed by atoms with E-state index < -0.39 is 0 Å². The third-order valence-corrected chi connectivity index (χ3v) is 3.64. The van der Waals surface area contributed by atoms with Crippen LogP contribution in [0.3, 0.4) is 0 Å². The van der Waals surface area contributed by atoms with E-state index in [1.54, 1.807) is 7.11 Å². The van der Waals surface area contributed by atoms with Crippen LogP contribution in [0.2, 0.25) is 0 Å². The van der Waals surface area contributed by atoms with E-state index in [0.717, 1.165) is 15.8 Å². The molecule has 1 saturated heterocycles. The van der Waals surface area contributed by atoms with Gasteiger partial charge in [-0.15, -0.1) is 0 Å². The third kappa shape index (κ3) is 2.96. The van der Waals surface area contributed by atoms with Gasteiger partial charge in [-0.2, -0.15) is 12.6 Å². The molecule has 0 radical (unpaired) electrons. The van der Waals surface area contributed by atoms with Gasteiger partial charge in [-0.05, 0) is 18.2 Å². The quantitative estimate of drug-likeness (QED) is 0.868. The largest absolute Gasteiger partial charge is 0.496 e. The van der Waals surface area contributed by atoms with E-state index in [0.29, 0.717) is 19.5 Å². The van der Waals surface area contributed by atoms with Crippen LogP contribution in [-0.2, 0) is 11.3 Å². The van der Waals surface area contributed by atoms with Crippen molar-refractivity contribution < 1.29 is 9.53 Å². The number of hydrogen-bond donors (Lipinski definition) is 1. The Balaban J connectivity index is 2.18. The van der Waals surface area contributed by atoms with Crippen LogP contribution >= 0.6 is 28.6 Å². The van der Waals surface area contributed by atoms with Crippen molar-refractivity contribution in [1.82, 2.24) is 4.90 Å². The highest BCUT2D eigenvalue weighted by Crippen LogP contribution is 2.26. The minimum Gasteiger partial charge on any atom is -0.496 e. The number of halogens is 1. The Hall–Kier alpha value is -0.680. The predicted molar refractivity (Wildman–Crippen MR) is 73.5 cm³/mol. The lowest BCUT2D eigenvalue weighted by Gasteiger charge is -2.18. The molecule has 2 rings (SSSR count). The molecular formula is C12H14BrNO2S. The number of likely N-dealkylation sites (tertiary alicyclic amines) is 1. The molecular weight excluding hydrogens is 302 g/mol. The normalized spacial score (nSPS) is 19.8. The summed E-state index contributed by atoms with van der Waals surface area (Å²) in [6.07, 6.45) is 0.527. The maximum absolute atomic E-state index is 11.7. The fourth-order valence-electron chi connectivity index (χ4n) is 1.98. The van der Waals surface area contributed by atoms with Crippen molar-refractivity contribution >= 4 is 34.5 Å². The van der Waals surface area contributed by atoms with E-state index in [9.17, 15) is 4.79 Å². The minimum absolute atomic E-state index is 0.153. The van der Waals surface area contributed by atoms with Crippen molar-refractivity contribution in [3.63, 3.8) is 0 Å². The number of benzene rings is 1. The zero-order chi connectivity index (χ0) is 12.4. The molecule has 3 nitrogen and oxygen atoms in total. The highest BCUT2D eigenvalue weighted by atomic mass is 79.9. The van der Waals surface area contributed by atoms with Gasteiger partial charge in [0.2, 0.25) is 5.91 Å². The molecule has 1 unspecified atom stereocenters. The number of nitrogens with zero attached hydrogens (tertiary/aromatic N) is 1. The summed E-state index contributed by atoms with van der Waals surface area (Å²) in [4.78, 5) is 13.5. The molecule has 1 aliphatic rings. The number of amides is 1. The van der Waals surface area contributed by atoms with Crippen molar-refractivity contribution in [2.75, 3.05) is 13.7 Å². The second-order valence-corrected chi connectivity index (χ2v) is 5.73. The molecule has 17 heavy (non-hydrogen) atoms. The van der Waals surface area contributed by atoms with Gasteiger partial charge in [0.15, 0.2) is 0 Å². The number of thiol groups is 1. The second-order valence-electron chi connectivity index (χ2n) is 4.09. The van der Waals surface area contributed by atoms with Crippen LogP contribution < -0.4 is 4.74 Å². The Morgan fingerprint density at radius 2 is 2.35 bits per heavy atom. The first-order chi connectivity index (χ1) is 8.10. The molecule has 0 N–H and O–H groups in total. The van der Waals surface area contributed by atoms with Crippen molar-refractivity contribution in [3.05, 3.63) is 28.2 Å². The predicted octanol–water partition coefficient (Wildman–Crippen LogP) is 2.49. The van der Waals surface area contributed by atoms with Gasteiger partial charge in [0.05, 0.1) is 7.11 Å². The molecule has 0 aliphatic carbocycles. The lowest BCUT2D eigenvalue weighted by atomic mass is 10.2. The van der Waals surface area contributed by atoms with Crippen molar-refractivity contribution in [2.24, 2.45) is 0 Å². The Morgan fingerprint density at radius 1 is 1.59 bits per heavy atom. The molecule has 1 amide bonds. The van der Waals surface area contributed by atoms with E-state index in [1.807, 2.05) is 23.1 Å². The molecule has 1 aromatic carbocycles. The van der Waals surface area contributed by atoms with E-state index >= 15 is 0 Å². The molecule has 1 fully saturated rings. The van der Waals surface area contributed by atoms with Gasteiger partial charge in [-0.25, -0.2) is 0 Å². The maximum Gasteiger partial charge on any atom is 0.224 e. The zero-order valence-corrected chi connectivity index (χ0v) is 12.0.